The Morgan fingerprint density at radius 1 is 0.846 bits per heavy atom. The van der Waals surface area contributed by atoms with Crippen LogP contribution in [0.1, 0.15) is 13.8 Å². The van der Waals surface area contributed by atoms with Crippen molar-refractivity contribution in [3.63, 3.8) is 0 Å². The van der Waals surface area contributed by atoms with Crippen molar-refractivity contribution in [3.8, 4) is 0 Å². The van der Waals surface area contributed by atoms with E-state index in [0.717, 1.165) is 0 Å². The van der Waals surface area contributed by atoms with E-state index < -0.39 is 0 Å². The Labute approximate surface area is 79.7 Å². The summed E-state index contributed by atoms with van der Waals surface area (Å²) in [4.78, 5) is 0. The summed E-state index contributed by atoms with van der Waals surface area (Å²) in [5.74, 6) is 1.38. The average molecular weight is 169 g/mol. The van der Waals surface area contributed by atoms with E-state index in [-0.39, 0.29) is 0 Å². The Morgan fingerprint density at radius 3 is 2.54 bits per heavy atom. The van der Waals surface area contributed by atoms with Gasteiger partial charge in [-0.25, -0.2) is 0 Å². The van der Waals surface area contributed by atoms with Crippen LogP contribution in [-0.2, 0) is 0 Å². The molecule has 2 aliphatic rings. The summed E-state index contributed by atoms with van der Waals surface area (Å²) < 4.78 is 0. The van der Waals surface area contributed by atoms with Crippen molar-refractivity contribution < 1.29 is 0 Å². The van der Waals surface area contributed by atoms with Gasteiger partial charge in [0.25, 0.3) is 0 Å². The normalized spacial score (nSPS) is 21.5. The summed E-state index contributed by atoms with van der Waals surface area (Å²) in [6.07, 6.45) is 14.9. The number of fused-ring (bicyclic) bond motifs is 1. The van der Waals surface area contributed by atoms with E-state index in [1.54, 1.807) is 0 Å². The van der Waals surface area contributed by atoms with Gasteiger partial charge in [0.05, 0.1) is 0 Å². The standard InChI is InChI=1S/C13H13/c1-10-8-9-12-6-4-3-5-7-13(12)11(10)2/h3-9H,1-2H3. The van der Waals surface area contributed by atoms with Crippen LogP contribution < -0.4 is 0 Å². The molecule has 65 valence electrons. The van der Waals surface area contributed by atoms with Gasteiger partial charge < -0.3 is 0 Å². The van der Waals surface area contributed by atoms with E-state index in [1.807, 2.05) is 0 Å². The molecular weight excluding hydrogens is 156 g/mol. The molecule has 0 aliphatic heterocycles. The maximum Gasteiger partial charge on any atom is 0.0271 e. The fraction of sp³-hybridized carbons (Fsp3) is 0.154. The van der Waals surface area contributed by atoms with Crippen molar-refractivity contribution in [2.45, 2.75) is 13.8 Å². The highest BCUT2D eigenvalue weighted by Crippen LogP contribution is 2.33. The van der Waals surface area contributed by atoms with Crippen LogP contribution in [0.25, 0.3) is 0 Å². The highest BCUT2D eigenvalue weighted by molar-refractivity contribution is 5.61. The Hall–Kier alpha value is -1.30. The predicted octanol–water partition coefficient (Wildman–Crippen LogP) is 3.52. The topological polar surface area (TPSA) is 0 Å². The second kappa shape index (κ2) is 3.21. The van der Waals surface area contributed by atoms with Gasteiger partial charge in [-0.3, -0.25) is 0 Å². The summed E-state index contributed by atoms with van der Waals surface area (Å²) in [6, 6.07) is 0. The molecular formula is C13H13. The summed E-state index contributed by atoms with van der Waals surface area (Å²) in [7, 11) is 0. The highest BCUT2D eigenvalue weighted by Gasteiger charge is 2.16. The minimum absolute atomic E-state index is 1.31. The molecule has 0 saturated heterocycles. The number of allylic oxidation sites excluding steroid dienone is 10. The summed E-state index contributed by atoms with van der Waals surface area (Å²) in [5.41, 5.74) is 4.02. The zero-order valence-corrected chi connectivity index (χ0v) is 8.04. The third-order valence-electron chi connectivity index (χ3n) is 2.58. The van der Waals surface area contributed by atoms with Gasteiger partial charge in [-0.05, 0) is 18.1 Å². The molecule has 0 aromatic carbocycles. The van der Waals surface area contributed by atoms with Gasteiger partial charge in [0.15, 0.2) is 0 Å². The van der Waals surface area contributed by atoms with Gasteiger partial charge in [0, 0.05) is 5.92 Å². The van der Waals surface area contributed by atoms with Crippen LogP contribution in [0.4, 0.5) is 0 Å². The van der Waals surface area contributed by atoms with Gasteiger partial charge >= 0.3 is 0 Å². The third-order valence-corrected chi connectivity index (χ3v) is 2.58. The average Bonchev–Trinajstić information content (AvgIpc) is 2.36. The summed E-state index contributed by atoms with van der Waals surface area (Å²) in [5, 5.41) is 0. The molecule has 2 aliphatic carbocycles. The fourth-order valence-electron chi connectivity index (χ4n) is 1.60. The quantitative estimate of drug-likeness (QED) is 0.520. The van der Waals surface area contributed by atoms with Crippen LogP contribution in [0, 0.1) is 5.92 Å². The van der Waals surface area contributed by atoms with E-state index in [2.05, 4.69) is 56.4 Å². The van der Waals surface area contributed by atoms with Crippen LogP contribution in [0.15, 0.2) is 59.3 Å². The minimum Gasteiger partial charge on any atom is -0.0622 e. The molecule has 0 amide bonds. The lowest BCUT2D eigenvalue weighted by atomic mass is 9.84. The van der Waals surface area contributed by atoms with Crippen LogP contribution in [0.5, 0.6) is 0 Å². The number of hydrogen-bond donors (Lipinski definition) is 0. The van der Waals surface area contributed by atoms with E-state index in [9.17, 15) is 0 Å². The van der Waals surface area contributed by atoms with Crippen molar-refractivity contribution in [1.82, 2.24) is 0 Å². The molecule has 0 aromatic heterocycles. The Kier molecular flexibility index (Phi) is 2.05. The first kappa shape index (κ1) is 8.31. The number of rotatable bonds is 0. The maximum absolute atomic E-state index is 2.18. The molecule has 13 heavy (non-hydrogen) atoms. The van der Waals surface area contributed by atoms with Gasteiger partial charge in [-0.15, -0.1) is 0 Å². The second-order valence-corrected chi connectivity index (χ2v) is 3.42. The molecule has 0 heteroatoms. The molecule has 0 fully saturated rings. The minimum atomic E-state index is 1.31. The van der Waals surface area contributed by atoms with Crippen molar-refractivity contribution in [2.75, 3.05) is 0 Å². The largest absolute Gasteiger partial charge is 0.0622 e. The third kappa shape index (κ3) is 1.44. The molecule has 0 saturated carbocycles. The molecule has 1 radical (unpaired) electrons. The van der Waals surface area contributed by atoms with Crippen LogP contribution in [-0.4, -0.2) is 0 Å². The molecule has 0 atom stereocenters. The van der Waals surface area contributed by atoms with Crippen molar-refractivity contribution in [2.24, 2.45) is 0 Å². The molecule has 0 bridgehead atoms. The van der Waals surface area contributed by atoms with E-state index in [4.69, 9.17) is 0 Å². The van der Waals surface area contributed by atoms with E-state index in [1.165, 1.54) is 22.6 Å². The number of hydrogen-bond acceptors (Lipinski definition) is 0. The lowest BCUT2D eigenvalue weighted by Crippen LogP contribution is -2.04. The molecule has 0 nitrogen and oxygen atoms in total. The summed E-state index contributed by atoms with van der Waals surface area (Å²) in [6.45, 7) is 4.33. The zero-order valence-electron chi connectivity index (χ0n) is 8.04. The smallest absolute Gasteiger partial charge is 0.0271 e. The monoisotopic (exact) mass is 169 g/mol. The van der Waals surface area contributed by atoms with Gasteiger partial charge in [0.2, 0.25) is 0 Å². The first-order valence-corrected chi connectivity index (χ1v) is 4.57. The van der Waals surface area contributed by atoms with Gasteiger partial charge in [-0.2, -0.15) is 0 Å². The first-order chi connectivity index (χ1) is 6.29. The van der Waals surface area contributed by atoms with E-state index >= 15 is 0 Å². The highest BCUT2D eigenvalue weighted by atomic mass is 14.2. The Bertz CT molecular complexity index is 359. The molecule has 2 rings (SSSR count). The van der Waals surface area contributed by atoms with Crippen molar-refractivity contribution >= 4 is 0 Å². The lowest BCUT2D eigenvalue weighted by molar-refractivity contribution is 1.12. The summed E-state index contributed by atoms with van der Waals surface area (Å²) >= 11 is 0. The van der Waals surface area contributed by atoms with Crippen LogP contribution in [0.2, 0.25) is 0 Å². The van der Waals surface area contributed by atoms with Crippen LogP contribution >= 0.6 is 0 Å². The molecule has 0 spiro atoms. The first-order valence-electron chi connectivity index (χ1n) is 4.57. The Morgan fingerprint density at radius 2 is 1.69 bits per heavy atom. The predicted molar refractivity (Wildman–Crippen MR) is 57.1 cm³/mol. The molecule has 0 N–H and O–H groups in total. The SMILES string of the molecule is C[C]1C(C)=CC=C2C=CC=CC=C12. The Balaban J connectivity index is 2.49. The van der Waals surface area contributed by atoms with Crippen molar-refractivity contribution in [1.29, 1.82) is 0 Å². The molecule has 0 heterocycles. The lowest BCUT2D eigenvalue weighted by Gasteiger charge is -2.20. The van der Waals surface area contributed by atoms with Gasteiger partial charge in [-0.1, -0.05) is 55.0 Å². The molecule has 0 aromatic rings. The fourth-order valence-corrected chi connectivity index (χ4v) is 1.60. The zero-order chi connectivity index (χ0) is 9.26. The van der Waals surface area contributed by atoms with Gasteiger partial charge in [0.1, 0.15) is 0 Å². The van der Waals surface area contributed by atoms with Crippen molar-refractivity contribution in [3.05, 3.63) is 65.2 Å². The maximum atomic E-state index is 2.18. The van der Waals surface area contributed by atoms with E-state index in [0.29, 0.717) is 0 Å². The molecule has 0 unspecified atom stereocenters. The van der Waals surface area contributed by atoms with Crippen LogP contribution in [0.3, 0.4) is 0 Å². The second-order valence-electron chi connectivity index (χ2n) is 3.42.